The lowest BCUT2D eigenvalue weighted by atomic mass is 10.1. The Labute approximate surface area is 161 Å². The molecule has 0 radical (unpaired) electrons. The van der Waals surface area contributed by atoms with E-state index in [2.05, 4.69) is 14.9 Å². The number of anilines is 1. The van der Waals surface area contributed by atoms with E-state index in [1.165, 1.54) is 0 Å². The van der Waals surface area contributed by atoms with E-state index in [1.54, 1.807) is 24.3 Å². The molecule has 3 aromatic rings. The van der Waals surface area contributed by atoms with Crippen molar-refractivity contribution in [1.82, 2.24) is 14.8 Å². The number of rotatable bonds is 4. The summed E-state index contributed by atoms with van der Waals surface area (Å²) >= 11 is 0. The van der Waals surface area contributed by atoms with Gasteiger partial charge in [0.15, 0.2) is 5.82 Å². The van der Waals surface area contributed by atoms with E-state index in [9.17, 15) is 17.2 Å². The lowest BCUT2D eigenvalue weighted by Gasteiger charge is -2.14. The second-order valence-electron chi connectivity index (χ2n) is 6.63. The van der Waals surface area contributed by atoms with E-state index in [0.717, 1.165) is 50.2 Å². The van der Waals surface area contributed by atoms with Crippen LogP contribution >= 0.6 is 0 Å². The molecule has 146 valence electrons. The summed E-state index contributed by atoms with van der Waals surface area (Å²) in [5.41, 5.74) is 0.758. The zero-order chi connectivity index (χ0) is 19.7. The maximum Gasteiger partial charge on any atom is 0.264 e. The fraction of sp³-hybridized carbons (Fsp3) is 0.263. The monoisotopic (exact) mass is 404 g/mol. The van der Waals surface area contributed by atoms with Gasteiger partial charge in [-0.05, 0) is 43.2 Å². The van der Waals surface area contributed by atoms with Crippen molar-refractivity contribution >= 4 is 15.7 Å². The maximum atomic E-state index is 14.0. The Bertz CT molecular complexity index is 1130. The second kappa shape index (κ2) is 7.31. The van der Waals surface area contributed by atoms with E-state index >= 15 is 0 Å². The minimum atomic E-state index is -4.33. The zero-order valence-corrected chi connectivity index (χ0v) is 15.7. The van der Waals surface area contributed by atoms with Gasteiger partial charge in [0.05, 0.1) is 5.69 Å². The summed E-state index contributed by atoms with van der Waals surface area (Å²) in [5, 5.41) is 8.49. The first-order valence-electron chi connectivity index (χ1n) is 8.95. The van der Waals surface area contributed by atoms with Gasteiger partial charge in [-0.25, -0.2) is 17.2 Å². The Kier molecular flexibility index (Phi) is 4.84. The molecule has 0 bridgehead atoms. The summed E-state index contributed by atoms with van der Waals surface area (Å²) in [4.78, 5) is -0.748. The fourth-order valence-corrected chi connectivity index (χ4v) is 4.50. The van der Waals surface area contributed by atoms with Crippen LogP contribution in [0.2, 0.25) is 0 Å². The van der Waals surface area contributed by atoms with Gasteiger partial charge in [-0.1, -0.05) is 18.6 Å². The quantitative estimate of drug-likeness (QED) is 0.719. The highest BCUT2D eigenvalue weighted by atomic mass is 32.2. The molecule has 0 aliphatic carbocycles. The number of hydrogen-bond acceptors (Lipinski definition) is 4. The maximum absolute atomic E-state index is 14.0. The van der Waals surface area contributed by atoms with Crippen molar-refractivity contribution in [1.29, 1.82) is 0 Å². The van der Waals surface area contributed by atoms with Gasteiger partial charge in [-0.3, -0.25) is 4.72 Å². The molecule has 0 saturated carbocycles. The highest BCUT2D eigenvalue weighted by Crippen LogP contribution is 2.31. The van der Waals surface area contributed by atoms with Crippen molar-refractivity contribution < 1.29 is 17.2 Å². The largest absolute Gasteiger partial charge is 0.311 e. The number of halogens is 2. The van der Waals surface area contributed by atoms with Crippen molar-refractivity contribution in [2.24, 2.45) is 0 Å². The molecule has 0 saturated heterocycles. The molecule has 6 nitrogen and oxygen atoms in total. The summed E-state index contributed by atoms with van der Waals surface area (Å²) in [7, 11) is -4.33. The predicted molar refractivity (Wildman–Crippen MR) is 100 cm³/mol. The van der Waals surface area contributed by atoms with Crippen LogP contribution in [0.3, 0.4) is 0 Å². The average Bonchev–Trinajstić information content (AvgIpc) is 2.91. The third-order valence-electron chi connectivity index (χ3n) is 4.70. The SMILES string of the molecule is O=S(=O)(Nc1ccccc1-c1nnc2n1CCCCC2)c1cc(F)ccc1F. The summed E-state index contributed by atoms with van der Waals surface area (Å²) in [6, 6.07) is 9.01. The molecule has 1 aliphatic rings. The molecule has 1 aliphatic heterocycles. The Morgan fingerprint density at radius 1 is 1.00 bits per heavy atom. The summed E-state index contributed by atoms with van der Waals surface area (Å²) in [5.74, 6) is -0.447. The number of aromatic nitrogens is 3. The van der Waals surface area contributed by atoms with Gasteiger partial charge in [0.1, 0.15) is 22.4 Å². The van der Waals surface area contributed by atoms with E-state index in [-0.39, 0.29) is 5.69 Å². The van der Waals surface area contributed by atoms with Crippen LogP contribution in [-0.2, 0) is 23.0 Å². The molecule has 1 aromatic heterocycles. The minimum absolute atomic E-state index is 0.227. The average molecular weight is 404 g/mol. The number of para-hydroxylation sites is 1. The van der Waals surface area contributed by atoms with Gasteiger partial charge < -0.3 is 4.57 Å². The normalized spacial score (nSPS) is 14.4. The summed E-state index contributed by atoms with van der Waals surface area (Å²) in [6.07, 6.45) is 3.93. The van der Waals surface area contributed by atoms with Gasteiger partial charge >= 0.3 is 0 Å². The first-order chi connectivity index (χ1) is 13.5. The lowest BCUT2D eigenvalue weighted by Crippen LogP contribution is -2.16. The molecule has 0 amide bonds. The number of hydrogen-bond donors (Lipinski definition) is 1. The first-order valence-corrected chi connectivity index (χ1v) is 10.4. The molecule has 0 fully saturated rings. The molecule has 0 unspecified atom stereocenters. The zero-order valence-electron chi connectivity index (χ0n) is 14.9. The predicted octanol–water partition coefficient (Wildman–Crippen LogP) is 3.75. The molecule has 2 heterocycles. The van der Waals surface area contributed by atoms with Crippen molar-refractivity contribution in [3.63, 3.8) is 0 Å². The Hall–Kier alpha value is -2.81. The smallest absolute Gasteiger partial charge is 0.264 e. The molecule has 9 heteroatoms. The van der Waals surface area contributed by atoms with Crippen molar-refractivity contribution in [3.8, 4) is 11.4 Å². The van der Waals surface area contributed by atoms with Crippen molar-refractivity contribution in [3.05, 3.63) is 59.9 Å². The van der Waals surface area contributed by atoms with Crippen molar-refractivity contribution in [2.45, 2.75) is 37.1 Å². The van der Waals surface area contributed by atoms with Crippen molar-refractivity contribution in [2.75, 3.05) is 4.72 Å². The van der Waals surface area contributed by atoms with Gasteiger partial charge in [0.25, 0.3) is 10.0 Å². The first kappa shape index (κ1) is 18.5. The van der Waals surface area contributed by atoms with E-state index in [4.69, 9.17) is 0 Å². The van der Waals surface area contributed by atoms with Gasteiger partial charge in [-0.15, -0.1) is 10.2 Å². The van der Waals surface area contributed by atoms with Gasteiger partial charge in [0.2, 0.25) is 0 Å². The van der Waals surface area contributed by atoms with Crippen LogP contribution < -0.4 is 4.72 Å². The molecular formula is C19H18F2N4O2S. The molecule has 2 aromatic carbocycles. The standard InChI is InChI=1S/C19H18F2N4O2S/c20-13-9-10-15(21)17(12-13)28(26,27)24-16-7-4-3-6-14(16)19-23-22-18-8-2-1-5-11-25(18)19/h3-4,6-7,9-10,12,24H,1-2,5,8,11H2. The number of fused-ring (bicyclic) bond motifs is 1. The van der Waals surface area contributed by atoms with E-state index in [0.29, 0.717) is 17.5 Å². The number of nitrogens with one attached hydrogen (secondary N) is 1. The second-order valence-corrected chi connectivity index (χ2v) is 8.28. The Morgan fingerprint density at radius 2 is 1.82 bits per heavy atom. The van der Waals surface area contributed by atoms with Gasteiger partial charge in [0, 0.05) is 18.5 Å². The lowest BCUT2D eigenvalue weighted by molar-refractivity contribution is 0.555. The molecular weight excluding hydrogens is 386 g/mol. The number of sulfonamides is 1. The van der Waals surface area contributed by atoms with Crippen LogP contribution in [0.5, 0.6) is 0 Å². The minimum Gasteiger partial charge on any atom is -0.311 e. The van der Waals surface area contributed by atoms with Crippen LogP contribution in [0.25, 0.3) is 11.4 Å². The molecule has 28 heavy (non-hydrogen) atoms. The molecule has 4 rings (SSSR count). The summed E-state index contributed by atoms with van der Waals surface area (Å²) < 4.78 is 57.2. The van der Waals surface area contributed by atoms with Crippen LogP contribution in [0.1, 0.15) is 25.1 Å². The topological polar surface area (TPSA) is 76.9 Å². The summed E-state index contributed by atoms with van der Waals surface area (Å²) in [6.45, 7) is 0.747. The van der Waals surface area contributed by atoms with Crippen LogP contribution in [-0.4, -0.2) is 23.2 Å². The Balaban J connectivity index is 1.75. The molecule has 0 spiro atoms. The van der Waals surface area contributed by atoms with Crippen LogP contribution in [0.15, 0.2) is 47.4 Å². The third-order valence-corrected chi connectivity index (χ3v) is 6.09. The van der Waals surface area contributed by atoms with Gasteiger partial charge in [-0.2, -0.15) is 0 Å². The highest BCUT2D eigenvalue weighted by molar-refractivity contribution is 7.92. The van der Waals surface area contributed by atoms with E-state index in [1.807, 2.05) is 4.57 Å². The Morgan fingerprint density at radius 3 is 2.68 bits per heavy atom. The molecule has 0 atom stereocenters. The number of benzene rings is 2. The van der Waals surface area contributed by atoms with Crippen LogP contribution in [0.4, 0.5) is 14.5 Å². The molecule has 1 N–H and O–H groups in total. The highest BCUT2D eigenvalue weighted by Gasteiger charge is 2.23. The third kappa shape index (κ3) is 3.49. The van der Waals surface area contributed by atoms with E-state index < -0.39 is 26.6 Å². The fourth-order valence-electron chi connectivity index (χ4n) is 3.33. The number of nitrogens with zero attached hydrogens (tertiary/aromatic N) is 3. The van der Waals surface area contributed by atoms with Crippen LogP contribution in [0, 0.1) is 11.6 Å². The number of aryl methyl sites for hydroxylation is 1.